The number of rotatable bonds is 68. The quantitative estimate of drug-likeness (QED) is 0.0420. The number of hydrogen-bond donors (Lipinski definition) is 3. The fourth-order valence-corrected chi connectivity index (χ4v) is 11.4. The molecule has 0 aromatic heterocycles. The van der Waals surface area contributed by atoms with Crippen molar-refractivity contribution in [2.45, 2.75) is 411 Å². The lowest BCUT2D eigenvalue weighted by atomic mass is 10.0. The third-order valence-corrected chi connectivity index (χ3v) is 17.0. The van der Waals surface area contributed by atoms with Gasteiger partial charge in [-0.15, -0.1) is 0 Å². The third kappa shape index (κ3) is 66.9. The first-order chi connectivity index (χ1) is 39.7. The third-order valence-electron chi connectivity index (χ3n) is 17.0. The van der Waals surface area contributed by atoms with Gasteiger partial charge in [0.05, 0.1) is 18.8 Å². The molecule has 0 fully saturated rings. The molecule has 0 aromatic carbocycles. The average Bonchev–Trinajstić information content (AvgIpc) is 3.46. The number of carbonyl (C=O) groups excluding carboxylic acids is 1. The molecule has 2 unspecified atom stereocenters. The molecule has 0 spiro atoms. The van der Waals surface area contributed by atoms with Crippen LogP contribution in [0.5, 0.6) is 0 Å². The van der Waals surface area contributed by atoms with Gasteiger partial charge in [0.2, 0.25) is 5.91 Å². The number of carbonyl (C=O) groups is 1. The van der Waals surface area contributed by atoms with Crippen LogP contribution in [0.2, 0.25) is 0 Å². The van der Waals surface area contributed by atoms with Crippen molar-refractivity contribution < 1.29 is 15.0 Å². The average molecular weight is 1120 g/mol. The molecule has 0 saturated heterocycles. The fourth-order valence-electron chi connectivity index (χ4n) is 11.4. The first-order valence-corrected chi connectivity index (χ1v) is 36.5. The van der Waals surface area contributed by atoms with Crippen molar-refractivity contribution in [3.05, 3.63) is 60.8 Å². The summed E-state index contributed by atoms with van der Waals surface area (Å²) in [4.78, 5) is 12.5. The van der Waals surface area contributed by atoms with Crippen LogP contribution in [0.25, 0.3) is 0 Å². The standard InChI is InChI=1S/C76H143NO3/c1-3-5-7-9-11-13-15-17-19-21-23-25-27-29-31-33-35-37-38-40-42-44-46-48-50-52-54-56-58-60-62-64-66-68-70-72-76(80)77-74(73-78)75(79)71-69-67-65-63-61-59-57-55-53-51-49-47-45-43-41-39-36-34-32-30-28-26-24-22-20-18-16-14-12-10-8-6-4-2/h15,17,21,23,27,29,61,63,69,71,74-75,78-79H,3-14,16,18-20,22,24-26,28,30-60,62,64-68,70,72-73H2,1-2H3,(H,77,80)/b17-15-,23-21-,29-27-,63-61+,71-69+. The number of allylic oxidation sites excluding steroid dienone is 9. The van der Waals surface area contributed by atoms with Crippen LogP contribution >= 0.6 is 0 Å². The van der Waals surface area contributed by atoms with Crippen LogP contribution in [0.4, 0.5) is 0 Å². The molecular formula is C76H143NO3. The molecular weight excluding hydrogens is 975 g/mol. The second-order valence-electron chi connectivity index (χ2n) is 25.0. The largest absolute Gasteiger partial charge is 0.394 e. The first kappa shape index (κ1) is 78.1. The van der Waals surface area contributed by atoms with Gasteiger partial charge in [-0.1, -0.05) is 383 Å². The summed E-state index contributed by atoms with van der Waals surface area (Å²) in [7, 11) is 0. The maximum Gasteiger partial charge on any atom is 0.220 e. The highest BCUT2D eigenvalue weighted by Gasteiger charge is 2.18. The molecule has 2 atom stereocenters. The predicted molar refractivity (Wildman–Crippen MR) is 359 cm³/mol. The van der Waals surface area contributed by atoms with E-state index in [4.69, 9.17) is 0 Å². The van der Waals surface area contributed by atoms with Crippen LogP contribution in [0.1, 0.15) is 399 Å². The monoisotopic (exact) mass is 1120 g/mol. The van der Waals surface area contributed by atoms with E-state index in [9.17, 15) is 15.0 Å². The normalized spacial score (nSPS) is 13.0. The Balaban J connectivity index is 3.45. The number of unbranched alkanes of at least 4 members (excludes halogenated alkanes) is 53. The summed E-state index contributed by atoms with van der Waals surface area (Å²) in [6, 6.07) is -0.642. The van der Waals surface area contributed by atoms with E-state index in [-0.39, 0.29) is 12.5 Å². The number of aliphatic hydroxyl groups excluding tert-OH is 2. The van der Waals surface area contributed by atoms with E-state index >= 15 is 0 Å². The molecule has 0 radical (unpaired) electrons. The SMILES string of the molecule is CCCCCCC/C=C\C/C=C\C/C=C\CCCCCCCCCCCCCCCCCCCCCCC(=O)NC(CO)C(O)/C=C/CC/C=C/CCCCCCCCCCCCCCCCCCCCCCCCCCCCC. The van der Waals surface area contributed by atoms with Crippen LogP contribution in [-0.4, -0.2) is 34.9 Å². The predicted octanol–water partition coefficient (Wildman–Crippen LogP) is 25.1. The summed E-state index contributed by atoms with van der Waals surface area (Å²) in [6.45, 7) is 4.33. The fraction of sp³-hybridized carbons (Fsp3) is 0.855. The van der Waals surface area contributed by atoms with E-state index in [1.807, 2.05) is 6.08 Å². The Labute approximate surface area is 502 Å². The second kappa shape index (κ2) is 71.4. The zero-order chi connectivity index (χ0) is 57.6. The van der Waals surface area contributed by atoms with E-state index < -0.39 is 12.1 Å². The Hall–Kier alpha value is -1.91. The number of hydrogen-bond acceptors (Lipinski definition) is 3. The molecule has 1 amide bonds. The Morgan fingerprint density at radius 2 is 0.525 bits per heavy atom. The Bertz CT molecular complexity index is 1310. The van der Waals surface area contributed by atoms with Crippen molar-refractivity contribution in [3.8, 4) is 0 Å². The Kier molecular flexibility index (Phi) is 69.6. The topological polar surface area (TPSA) is 69.6 Å². The molecule has 0 rings (SSSR count). The summed E-state index contributed by atoms with van der Waals surface area (Å²) in [6.07, 6.45) is 102. The summed E-state index contributed by atoms with van der Waals surface area (Å²) in [5.74, 6) is -0.0674. The Morgan fingerprint density at radius 1 is 0.300 bits per heavy atom. The maximum absolute atomic E-state index is 12.5. The van der Waals surface area contributed by atoms with Crippen molar-refractivity contribution in [2.24, 2.45) is 0 Å². The molecule has 80 heavy (non-hydrogen) atoms. The minimum absolute atomic E-state index is 0.0674. The van der Waals surface area contributed by atoms with E-state index in [2.05, 4.69) is 67.8 Å². The van der Waals surface area contributed by atoms with Crippen molar-refractivity contribution in [1.82, 2.24) is 5.32 Å². The lowest BCUT2D eigenvalue weighted by Crippen LogP contribution is -2.45. The van der Waals surface area contributed by atoms with Crippen molar-refractivity contribution in [1.29, 1.82) is 0 Å². The zero-order valence-corrected chi connectivity index (χ0v) is 54.4. The smallest absolute Gasteiger partial charge is 0.220 e. The molecule has 3 N–H and O–H groups in total. The van der Waals surface area contributed by atoms with E-state index in [0.717, 1.165) is 44.9 Å². The van der Waals surface area contributed by atoms with Crippen LogP contribution in [0.15, 0.2) is 60.8 Å². The van der Waals surface area contributed by atoms with Gasteiger partial charge >= 0.3 is 0 Å². The van der Waals surface area contributed by atoms with Crippen molar-refractivity contribution in [3.63, 3.8) is 0 Å². The second-order valence-corrected chi connectivity index (χ2v) is 25.0. The number of amides is 1. The molecule has 4 heteroatoms. The minimum atomic E-state index is -0.865. The van der Waals surface area contributed by atoms with Crippen molar-refractivity contribution in [2.75, 3.05) is 6.61 Å². The van der Waals surface area contributed by atoms with Gasteiger partial charge < -0.3 is 15.5 Å². The van der Waals surface area contributed by atoms with Gasteiger partial charge in [-0.3, -0.25) is 4.79 Å². The Morgan fingerprint density at radius 3 is 0.812 bits per heavy atom. The molecule has 470 valence electrons. The minimum Gasteiger partial charge on any atom is -0.394 e. The molecule has 4 nitrogen and oxygen atoms in total. The van der Waals surface area contributed by atoms with E-state index in [0.29, 0.717) is 6.42 Å². The number of nitrogens with one attached hydrogen (secondary N) is 1. The zero-order valence-electron chi connectivity index (χ0n) is 54.4. The van der Waals surface area contributed by atoms with Crippen LogP contribution in [-0.2, 0) is 4.79 Å². The van der Waals surface area contributed by atoms with Gasteiger partial charge in [-0.05, 0) is 70.6 Å². The van der Waals surface area contributed by atoms with Gasteiger partial charge in [-0.25, -0.2) is 0 Å². The molecule has 0 bridgehead atoms. The van der Waals surface area contributed by atoms with Gasteiger partial charge in [0.1, 0.15) is 0 Å². The highest BCUT2D eigenvalue weighted by molar-refractivity contribution is 5.76. The van der Waals surface area contributed by atoms with Gasteiger partial charge in [-0.2, -0.15) is 0 Å². The lowest BCUT2D eigenvalue weighted by Gasteiger charge is -2.19. The highest BCUT2D eigenvalue weighted by Crippen LogP contribution is 2.19. The molecule has 0 aromatic rings. The highest BCUT2D eigenvalue weighted by atomic mass is 16.3. The summed E-state index contributed by atoms with van der Waals surface area (Å²) in [5, 5.41) is 23.3. The molecule has 0 heterocycles. The lowest BCUT2D eigenvalue weighted by molar-refractivity contribution is -0.123. The number of aliphatic hydroxyl groups is 2. The van der Waals surface area contributed by atoms with Crippen LogP contribution in [0.3, 0.4) is 0 Å². The maximum atomic E-state index is 12.5. The van der Waals surface area contributed by atoms with Crippen LogP contribution in [0, 0.1) is 0 Å². The summed E-state index contributed by atoms with van der Waals surface area (Å²) < 4.78 is 0. The summed E-state index contributed by atoms with van der Waals surface area (Å²) in [5.41, 5.74) is 0. The van der Waals surface area contributed by atoms with Gasteiger partial charge in [0, 0.05) is 6.42 Å². The van der Waals surface area contributed by atoms with Crippen molar-refractivity contribution >= 4 is 5.91 Å². The molecule has 0 aliphatic heterocycles. The van der Waals surface area contributed by atoms with E-state index in [1.54, 1.807) is 6.08 Å². The van der Waals surface area contributed by atoms with Gasteiger partial charge in [0.25, 0.3) is 0 Å². The first-order valence-electron chi connectivity index (χ1n) is 36.5. The molecule has 0 aliphatic rings. The molecule has 0 saturated carbocycles. The van der Waals surface area contributed by atoms with Crippen LogP contribution < -0.4 is 5.32 Å². The molecule has 0 aliphatic carbocycles. The summed E-state index contributed by atoms with van der Waals surface area (Å²) >= 11 is 0. The van der Waals surface area contributed by atoms with E-state index in [1.165, 1.54) is 334 Å². The van der Waals surface area contributed by atoms with Gasteiger partial charge in [0.15, 0.2) is 0 Å².